The van der Waals surface area contributed by atoms with Gasteiger partial charge in [-0.05, 0) is 63.1 Å². The van der Waals surface area contributed by atoms with Gasteiger partial charge in [-0.3, -0.25) is 4.79 Å². The van der Waals surface area contributed by atoms with E-state index in [9.17, 15) is 9.59 Å². The summed E-state index contributed by atoms with van der Waals surface area (Å²) in [5.41, 5.74) is 1.27. The van der Waals surface area contributed by atoms with E-state index in [0.717, 1.165) is 6.42 Å². The summed E-state index contributed by atoms with van der Waals surface area (Å²) in [4.78, 5) is 23.8. The van der Waals surface area contributed by atoms with Gasteiger partial charge in [-0.25, -0.2) is 4.79 Å². The van der Waals surface area contributed by atoms with Gasteiger partial charge in [0, 0.05) is 6.08 Å². The first-order valence-electron chi connectivity index (χ1n) is 9.26. The first-order chi connectivity index (χ1) is 12.1. The number of rotatable bonds is 7. The Bertz CT molecular complexity index is 580. The Morgan fingerprint density at radius 3 is 2.40 bits per heavy atom. The van der Waals surface area contributed by atoms with E-state index in [1.165, 1.54) is 24.5 Å². The lowest BCUT2D eigenvalue weighted by molar-refractivity contribution is -0.147. The van der Waals surface area contributed by atoms with Crippen LogP contribution in [0.1, 0.15) is 57.9 Å². The number of hydrogen-bond donors (Lipinski definition) is 0. The maximum absolute atomic E-state index is 12.3. The Morgan fingerprint density at radius 2 is 1.80 bits per heavy atom. The van der Waals surface area contributed by atoms with Gasteiger partial charge in [0.25, 0.3) is 0 Å². The Labute approximate surface area is 150 Å². The molecule has 4 heteroatoms. The van der Waals surface area contributed by atoms with Crippen molar-refractivity contribution in [1.29, 1.82) is 0 Å². The van der Waals surface area contributed by atoms with E-state index in [2.05, 4.69) is 6.92 Å². The zero-order chi connectivity index (χ0) is 18.1. The molecule has 1 aliphatic carbocycles. The van der Waals surface area contributed by atoms with E-state index >= 15 is 0 Å². The molecule has 0 bridgehead atoms. The van der Waals surface area contributed by atoms with E-state index in [0.29, 0.717) is 31.4 Å². The van der Waals surface area contributed by atoms with Gasteiger partial charge >= 0.3 is 11.9 Å². The number of carbonyl (C=O) groups is 2. The van der Waals surface area contributed by atoms with Crippen LogP contribution in [0.25, 0.3) is 0 Å². The zero-order valence-corrected chi connectivity index (χ0v) is 15.2. The molecule has 0 aliphatic heterocycles. The Balaban J connectivity index is 1.77. The number of esters is 2. The largest absolute Gasteiger partial charge is 0.459 e. The van der Waals surface area contributed by atoms with Gasteiger partial charge in [0.05, 0.1) is 5.92 Å². The summed E-state index contributed by atoms with van der Waals surface area (Å²) >= 11 is 0. The fourth-order valence-electron chi connectivity index (χ4n) is 3.06. The predicted octanol–water partition coefficient (Wildman–Crippen LogP) is 4.61. The monoisotopic (exact) mass is 344 g/mol. The third-order valence-corrected chi connectivity index (χ3v) is 4.55. The molecule has 0 spiro atoms. The summed E-state index contributed by atoms with van der Waals surface area (Å²) in [5.74, 6) is -0.000419. The molecule has 0 amide bonds. The molecule has 2 rings (SSSR count). The van der Waals surface area contributed by atoms with E-state index in [1.807, 2.05) is 24.3 Å². The summed E-state index contributed by atoms with van der Waals surface area (Å²) in [5, 5.41) is 0. The van der Waals surface area contributed by atoms with E-state index in [-0.39, 0.29) is 24.0 Å². The molecule has 1 fully saturated rings. The van der Waals surface area contributed by atoms with Gasteiger partial charge in [0.15, 0.2) is 0 Å². The molecule has 1 aromatic rings. The smallest absolute Gasteiger partial charge is 0.330 e. The summed E-state index contributed by atoms with van der Waals surface area (Å²) in [6.45, 7) is 3.96. The van der Waals surface area contributed by atoms with E-state index in [4.69, 9.17) is 9.47 Å². The van der Waals surface area contributed by atoms with Crippen molar-refractivity contribution in [3.8, 4) is 5.75 Å². The molecule has 136 valence electrons. The van der Waals surface area contributed by atoms with Gasteiger partial charge in [-0.1, -0.05) is 31.6 Å². The molecular formula is C21H28O4. The summed E-state index contributed by atoms with van der Waals surface area (Å²) in [7, 11) is 0. The highest BCUT2D eigenvalue weighted by atomic mass is 16.5. The van der Waals surface area contributed by atoms with Crippen LogP contribution in [0.2, 0.25) is 0 Å². The fraction of sp³-hybridized carbons (Fsp3) is 0.524. The van der Waals surface area contributed by atoms with Crippen molar-refractivity contribution in [3.05, 3.63) is 42.0 Å². The second-order valence-corrected chi connectivity index (χ2v) is 6.58. The summed E-state index contributed by atoms with van der Waals surface area (Å²) < 4.78 is 10.9. The SMILES string of the molecule is C/C=C/C(=O)O[C@H]1CC[C@H](C(=O)Oc2ccc(CCCC)cc2)CC1. The number of hydrogen-bond acceptors (Lipinski definition) is 4. The van der Waals surface area contributed by atoms with Crippen molar-refractivity contribution >= 4 is 11.9 Å². The Hall–Kier alpha value is -2.10. The number of allylic oxidation sites excluding steroid dienone is 1. The van der Waals surface area contributed by atoms with Crippen LogP contribution >= 0.6 is 0 Å². The normalized spacial score (nSPS) is 20.4. The van der Waals surface area contributed by atoms with Crippen LogP contribution in [0.3, 0.4) is 0 Å². The molecule has 0 unspecified atom stereocenters. The van der Waals surface area contributed by atoms with Gasteiger partial charge < -0.3 is 9.47 Å². The molecule has 0 atom stereocenters. The van der Waals surface area contributed by atoms with E-state index < -0.39 is 0 Å². The standard InChI is InChI=1S/C21H28O4/c1-3-5-7-16-8-12-19(13-9-16)25-21(23)17-10-14-18(15-11-17)24-20(22)6-4-2/h4,6,8-9,12-13,17-18H,3,5,7,10-11,14-15H2,1-2H3/b6-4+/t17-,18-. The van der Waals surface area contributed by atoms with Crippen molar-refractivity contribution in [2.45, 2.75) is 64.9 Å². The average Bonchev–Trinajstić information content (AvgIpc) is 2.62. The van der Waals surface area contributed by atoms with E-state index in [1.54, 1.807) is 13.0 Å². The van der Waals surface area contributed by atoms with Gasteiger partial charge in [-0.2, -0.15) is 0 Å². The third-order valence-electron chi connectivity index (χ3n) is 4.55. The zero-order valence-electron chi connectivity index (χ0n) is 15.2. The van der Waals surface area contributed by atoms with Gasteiger partial charge in [0.2, 0.25) is 0 Å². The lowest BCUT2D eigenvalue weighted by atomic mass is 9.87. The van der Waals surface area contributed by atoms with Crippen molar-refractivity contribution in [3.63, 3.8) is 0 Å². The molecule has 1 aromatic carbocycles. The number of carbonyl (C=O) groups excluding carboxylic acids is 2. The molecule has 0 heterocycles. The first-order valence-corrected chi connectivity index (χ1v) is 9.26. The Morgan fingerprint density at radius 1 is 1.12 bits per heavy atom. The molecule has 1 saturated carbocycles. The molecule has 4 nitrogen and oxygen atoms in total. The Kier molecular flexibility index (Phi) is 7.71. The second kappa shape index (κ2) is 10.0. The van der Waals surface area contributed by atoms with Crippen molar-refractivity contribution in [2.75, 3.05) is 0 Å². The van der Waals surface area contributed by atoms with Crippen LogP contribution in [-0.2, 0) is 20.7 Å². The van der Waals surface area contributed by atoms with Gasteiger partial charge in [0.1, 0.15) is 11.9 Å². The number of unbranched alkanes of at least 4 members (excludes halogenated alkanes) is 1. The minimum Gasteiger partial charge on any atom is -0.459 e. The topological polar surface area (TPSA) is 52.6 Å². The average molecular weight is 344 g/mol. The molecule has 25 heavy (non-hydrogen) atoms. The summed E-state index contributed by atoms with van der Waals surface area (Å²) in [6, 6.07) is 7.78. The molecular weight excluding hydrogens is 316 g/mol. The van der Waals surface area contributed by atoms with Crippen molar-refractivity contribution in [2.24, 2.45) is 5.92 Å². The lowest BCUT2D eigenvalue weighted by Gasteiger charge is -2.26. The van der Waals surface area contributed by atoms with Crippen LogP contribution in [0, 0.1) is 5.92 Å². The number of benzene rings is 1. The highest BCUT2D eigenvalue weighted by molar-refractivity contribution is 5.82. The van der Waals surface area contributed by atoms with Crippen molar-refractivity contribution in [1.82, 2.24) is 0 Å². The predicted molar refractivity (Wildman–Crippen MR) is 97.3 cm³/mol. The molecule has 1 aliphatic rings. The lowest BCUT2D eigenvalue weighted by Crippen LogP contribution is -2.29. The highest BCUT2D eigenvalue weighted by Gasteiger charge is 2.29. The fourth-order valence-corrected chi connectivity index (χ4v) is 3.06. The molecule has 0 aromatic heterocycles. The summed E-state index contributed by atoms with van der Waals surface area (Å²) in [6.07, 6.45) is 9.19. The minimum absolute atomic E-state index is 0.0920. The second-order valence-electron chi connectivity index (χ2n) is 6.58. The van der Waals surface area contributed by atoms with Crippen LogP contribution in [0.15, 0.2) is 36.4 Å². The van der Waals surface area contributed by atoms with Crippen LogP contribution < -0.4 is 4.74 Å². The molecule has 0 radical (unpaired) electrons. The first kappa shape index (κ1) is 19.2. The van der Waals surface area contributed by atoms with Crippen LogP contribution in [0.4, 0.5) is 0 Å². The van der Waals surface area contributed by atoms with Crippen LogP contribution in [0.5, 0.6) is 5.75 Å². The molecule has 0 saturated heterocycles. The molecule has 0 N–H and O–H groups in total. The maximum atomic E-state index is 12.3. The third kappa shape index (κ3) is 6.37. The minimum atomic E-state index is -0.309. The highest BCUT2D eigenvalue weighted by Crippen LogP contribution is 2.28. The van der Waals surface area contributed by atoms with Crippen LogP contribution in [-0.4, -0.2) is 18.0 Å². The quantitative estimate of drug-likeness (QED) is 0.412. The number of aryl methyl sites for hydroxylation is 1. The number of ether oxygens (including phenoxy) is 2. The maximum Gasteiger partial charge on any atom is 0.330 e. The van der Waals surface area contributed by atoms with Crippen molar-refractivity contribution < 1.29 is 19.1 Å². The van der Waals surface area contributed by atoms with Gasteiger partial charge in [-0.15, -0.1) is 0 Å².